The Morgan fingerprint density at radius 3 is 1.97 bits per heavy atom. The van der Waals surface area contributed by atoms with Crippen molar-refractivity contribution in [3.8, 4) is 50.9 Å². The van der Waals surface area contributed by atoms with Crippen molar-refractivity contribution in [2.75, 3.05) is 0 Å². The Bertz CT molecular complexity index is 3880. The minimum atomic E-state index is -2.70. The predicted octanol–water partition coefficient (Wildman–Crippen LogP) is 12.1. The summed E-state index contributed by atoms with van der Waals surface area (Å²) >= 11 is -2.70. The maximum atomic E-state index is 9.02. The van der Waals surface area contributed by atoms with Gasteiger partial charge in [0, 0.05) is 0 Å². The molecule has 0 spiro atoms. The molecule has 6 heteroatoms. The number of rotatable bonds is 9. The summed E-state index contributed by atoms with van der Waals surface area (Å²) < 4.78 is 102. The summed E-state index contributed by atoms with van der Waals surface area (Å²) in [6, 6.07) is 43.9. The van der Waals surface area contributed by atoms with Gasteiger partial charge >= 0.3 is 213 Å². The van der Waals surface area contributed by atoms with Gasteiger partial charge in [-0.05, 0) is 22.3 Å². The van der Waals surface area contributed by atoms with Crippen molar-refractivity contribution < 1.29 is 23.0 Å². The summed E-state index contributed by atoms with van der Waals surface area (Å²) in [5, 5.41) is 2.14. The number of ether oxygens (including phenoxy) is 1. The molecule has 0 fully saturated rings. The molecule has 0 atom stereocenters. The first-order chi connectivity index (χ1) is 34.6. The SMILES string of the molecule is [2H]c1c([2H])c([2H])c(-c2cccc(-c3c([2H])c([2H])c([2H])c([2H])c3[2H])c2-[n+]2[c-]n(-c3cccc(Oc4ccc5c6ccccc6n(-c6c[c]([Ge]([CH3])([CH3])[c]7ccccc7)ccn6)c5c4)c3)c3ccccc32)c([2H])c1[2H]. The maximum absolute atomic E-state index is 9.02. The number of hydrogen-bond acceptors (Lipinski definition) is 2. The van der Waals surface area contributed by atoms with E-state index >= 15 is 0 Å². The summed E-state index contributed by atoms with van der Waals surface area (Å²) in [7, 11) is 0. The topological polar surface area (TPSA) is 35.9 Å². The van der Waals surface area contributed by atoms with Gasteiger partial charge in [-0.25, -0.2) is 0 Å². The molecule has 0 saturated carbocycles. The number of nitrogens with zero attached hydrogens (tertiary/aromatic N) is 4. The predicted molar refractivity (Wildman–Crippen MR) is 256 cm³/mol. The molecule has 62 heavy (non-hydrogen) atoms. The molecule has 3 heterocycles. The van der Waals surface area contributed by atoms with Crippen molar-refractivity contribution in [2.45, 2.75) is 11.5 Å². The molecule has 0 unspecified atom stereocenters. The Hall–Kier alpha value is -7.48. The van der Waals surface area contributed by atoms with E-state index in [4.69, 9.17) is 23.4 Å². The number of benzene rings is 8. The third kappa shape index (κ3) is 6.58. The van der Waals surface area contributed by atoms with Crippen LogP contribution in [-0.2, 0) is 0 Å². The van der Waals surface area contributed by atoms with Crippen LogP contribution < -0.4 is 18.1 Å². The maximum Gasteiger partial charge on any atom is 0.0811 e. The van der Waals surface area contributed by atoms with E-state index < -0.39 is 73.7 Å². The minimum absolute atomic E-state index is 0.128. The Labute approximate surface area is 377 Å². The first-order valence-electron chi connectivity index (χ1n) is 25.2. The average molecular weight is 870 g/mol. The van der Waals surface area contributed by atoms with E-state index in [-0.39, 0.29) is 27.9 Å². The smallest absolute Gasteiger partial charge is 0.0666 e. The molecule has 0 amide bonds. The molecule has 3 aromatic heterocycles. The van der Waals surface area contributed by atoms with Crippen LogP contribution in [0.5, 0.6) is 11.5 Å². The van der Waals surface area contributed by atoms with Crippen LogP contribution in [0.1, 0.15) is 13.7 Å². The van der Waals surface area contributed by atoms with Gasteiger partial charge in [-0.15, -0.1) is 0 Å². The summed E-state index contributed by atoms with van der Waals surface area (Å²) in [5.74, 6) is 6.73. The minimum Gasteiger partial charge on any atom is -0.0666 e. The molecule has 0 N–H and O–H groups in total. The van der Waals surface area contributed by atoms with Gasteiger partial charge in [0.05, 0.1) is 30.4 Å². The van der Waals surface area contributed by atoms with Gasteiger partial charge in [0.2, 0.25) is 0 Å². The van der Waals surface area contributed by atoms with E-state index in [1.165, 1.54) is 8.79 Å². The summed E-state index contributed by atoms with van der Waals surface area (Å²) in [5.41, 5.74) is 4.05. The van der Waals surface area contributed by atoms with Crippen molar-refractivity contribution in [3.05, 3.63) is 225 Å². The number of para-hydroxylation sites is 4. The number of aromatic nitrogens is 4. The molecular formula is C56H42GeN4O. The number of imidazole rings is 1. The van der Waals surface area contributed by atoms with Crippen molar-refractivity contribution in [1.29, 1.82) is 0 Å². The van der Waals surface area contributed by atoms with Crippen LogP contribution >= 0.6 is 0 Å². The van der Waals surface area contributed by atoms with Crippen molar-refractivity contribution in [3.63, 3.8) is 0 Å². The van der Waals surface area contributed by atoms with Crippen molar-refractivity contribution in [2.24, 2.45) is 0 Å². The Morgan fingerprint density at radius 2 is 1.21 bits per heavy atom. The first-order valence-corrected chi connectivity index (χ1v) is 26.5. The van der Waals surface area contributed by atoms with Crippen LogP contribution in [0.15, 0.2) is 218 Å². The summed E-state index contributed by atoms with van der Waals surface area (Å²) in [6.07, 6.45) is 5.35. The number of hydrogen-bond donors (Lipinski definition) is 0. The Morgan fingerprint density at radius 1 is 0.565 bits per heavy atom. The third-order valence-corrected chi connectivity index (χ3v) is 18.9. The Kier molecular flexibility index (Phi) is 7.04. The van der Waals surface area contributed by atoms with Gasteiger partial charge in [0.1, 0.15) is 0 Å². The van der Waals surface area contributed by atoms with Crippen LogP contribution in [0.4, 0.5) is 0 Å². The molecule has 8 aromatic carbocycles. The van der Waals surface area contributed by atoms with Crippen molar-refractivity contribution in [1.82, 2.24) is 14.1 Å². The summed E-state index contributed by atoms with van der Waals surface area (Å²) in [6.45, 7) is 0. The molecule has 5 nitrogen and oxygen atoms in total. The monoisotopic (exact) mass is 870 g/mol. The van der Waals surface area contributed by atoms with Gasteiger partial charge < -0.3 is 0 Å². The average Bonchev–Trinajstić information content (AvgIpc) is 3.95. The molecule has 11 aromatic rings. The van der Waals surface area contributed by atoms with Crippen LogP contribution in [0.25, 0.3) is 72.3 Å². The van der Waals surface area contributed by atoms with Gasteiger partial charge in [-0.2, -0.15) is 0 Å². The summed E-state index contributed by atoms with van der Waals surface area (Å²) in [4.78, 5) is 4.94. The van der Waals surface area contributed by atoms with Gasteiger partial charge in [0.15, 0.2) is 0 Å². The van der Waals surface area contributed by atoms with E-state index in [9.17, 15) is 0 Å². The second-order valence-corrected chi connectivity index (χ2v) is 24.7. The van der Waals surface area contributed by atoms with Gasteiger partial charge in [-0.3, -0.25) is 4.57 Å². The fourth-order valence-corrected chi connectivity index (χ4v) is 13.3. The molecule has 0 radical (unpaired) electrons. The van der Waals surface area contributed by atoms with Crippen LogP contribution in [-0.4, -0.2) is 27.4 Å². The van der Waals surface area contributed by atoms with Gasteiger partial charge in [0.25, 0.3) is 6.33 Å². The molecular weight excluding hydrogens is 817 g/mol. The zero-order valence-electron chi connectivity index (χ0n) is 43.7. The standard InChI is InChI=1S/C56H42GeN4O/c1-57(2,42-22-10-5-11-23-42)43-34-35-58-55(36-43)61-51-29-13-12-26-49(51)50-33-32-46(38-54(50)61)62-45-25-16-24-44(37-45)59-39-60(53-31-15-14-30-52(53)59)56-47(40-18-6-3-7-19-40)27-17-28-48(56)41-20-8-4-9-21-41/h3-38H,1-2H3/i3D,4D,6D,7D,8D,9D,18D,19D,20D,21D. The van der Waals surface area contributed by atoms with E-state index in [0.717, 1.165) is 27.6 Å². The molecule has 0 aliphatic heterocycles. The normalized spacial score (nSPS) is 14.0. The van der Waals surface area contributed by atoms with Crippen LogP contribution in [0.2, 0.25) is 11.5 Å². The molecule has 0 aliphatic carbocycles. The fraction of sp³-hybridized carbons (Fsp3) is 0.0357. The largest absolute Gasteiger partial charge is 0.0811 e. The third-order valence-electron chi connectivity index (χ3n) is 11.5. The molecule has 0 saturated heterocycles. The quantitative estimate of drug-likeness (QED) is 0.0823. The zero-order valence-corrected chi connectivity index (χ0v) is 35.8. The van der Waals surface area contributed by atoms with Crippen LogP contribution in [0, 0.1) is 6.33 Å². The Balaban J connectivity index is 1.05. The zero-order chi connectivity index (χ0) is 50.3. The van der Waals surface area contributed by atoms with Crippen LogP contribution in [0.3, 0.4) is 0 Å². The number of fused-ring (bicyclic) bond motifs is 4. The van der Waals surface area contributed by atoms with E-state index in [2.05, 4.69) is 83.1 Å². The second kappa shape index (κ2) is 15.5. The molecule has 0 aliphatic rings. The van der Waals surface area contributed by atoms with Gasteiger partial charge in [-0.1, -0.05) is 103 Å². The molecule has 296 valence electrons. The van der Waals surface area contributed by atoms with E-state index in [1.807, 2.05) is 79.0 Å². The molecule has 0 bridgehead atoms. The van der Waals surface area contributed by atoms with Crippen molar-refractivity contribution >= 4 is 54.9 Å². The fourth-order valence-electron chi connectivity index (χ4n) is 8.41. The van der Waals surface area contributed by atoms with E-state index in [0.29, 0.717) is 28.2 Å². The first kappa shape index (κ1) is 28.1. The van der Waals surface area contributed by atoms with E-state index in [1.54, 1.807) is 27.3 Å². The molecule has 11 rings (SSSR count). The second-order valence-electron chi connectivity index (χ2n) is 15.5. The number of pyridine rings is 1.